The number of alkyl halides is 2. The quantitative estimate of drug-likeness (QED) is 0.721. The van der Waals surface area contributed by atoms with Crippen LogP contribution in [0.5, 0.6) is 0 Å². The summed E-state index contributed by atoms with van der Waals surface area (Å²) in [5.41, 5.74) is -1.22. The summed E-state index contributed by atoms with van der Waals surface area (Å²) in [6.45, 7) is 0. The van der Waals surface area contributed by atoms with E-state index in [9.17, 15) is 19.1 Å². The van der Waals surface area contributed by atoms with Crippen LogP contribution in [0.4, 0.5) is 4.39 Å². The topological polar surface area (TPSA) is 84.3 Å². The van der Waals surface area contributed by atoms with Gasteiger partial charge >= 0.3 is 5.69 Å². The van der Waals surface area contributed by atoms with Gasteiger partial charge in [0.15, 0.2) is 12.4 Å². The summed E-state index contributed by atoms with van der Waals surface area (Å²) in [4.78, 5) is 26.8. The first-order valence-corrected chi connectivity index (χ1v) is 7.69. The number of halogens is 3. The van der Waals surface area contributed by atoms with Gasteiger partial charge in [0.25, 0.3) is 5.56 Å². The van der Waals surface area contributed by atoms with E-state index in [1.54, 1.807) is 0 Å². The van der Waals surface area contributed by atoms with Crippen molar-refractivity contribution in [1.82, 2.24) is 9.55 Å². The van der Waals surface area contributed by atoms with E-state index in [0.29, 0.717) is 0 Å². The molecule has 1 aromatic heterocycles. The SMILES string of the molecule is O=c1[nH]c(=O)n([C@@H]2O[C@H](CBr)[C@@H](O)[C@H]2F)cc1/C=C/Br. The van der Waals surface area contributed by atoms with Gasteiger partial charge in [0.05, 0.1) is 11.7 Å². The van der Waals surface area contributed by atoms with E-state index < -0.39 is 35.9 Å². The number of nitrogens with zero attached hydrogens (tertiary/aromatic N) is 1. The van der Waals surface area contributed by atoms with Crippen molar-refractivity contribution in [3.63, 3.8) is 0 Å². The molecule has 20 heavy (non-hydrogen) atoms. The lowest BCUT2D eigenvalue weighted by atomic mass is 10.2. The van der Waals surface area contributed by atoms with Crippen LogP contribution in [0.25, 0.3) is 6.08 Å². The predicted octanol–water partition coefficient (Wildman–Crippen LogP) is 0.893. The molecule has 0 spiro atoms. The largest absolute Gasteiger partial charge is 0.387 e. The lowest BCUT2D eigenvalue weighted by molar-refractivity contribution is -0.0160. The number of aliphatic hydroxyl groups excluding tert-OH is 1. The van der Waals surface area contributed by atoms with Crippen LogP contribution in [0.1, 0.15) is 11.8 Å². The van der Waals surface area contributed by atoms with Gasteiger partial charge in [0.1, 0.15) is 6.10 Å². The Balaban J connectivity index is 2.46. The maximum atomic E-state index is 14.0. The molecule has 110 valence electrons. The van der Waals surface area contributed by atoms with Crippen LogP contribution in [0, 0.1) is 0 Å². The first kappa shape index (κ1) is 15.6. The van der Waals surface area contributed by atoms with Gasteiger partial charge in [-0.25, -0.2) is 9.18 Å². The Morgan fingerprint density at radius 3 is 2.80 bits per heavy atom. The summed E-state index contributed by atoms with van der Waals surface area (Å²) < 4.78 is 20.3. The monoisotopic (exact) mass is 412 g/mol. The lowest BCUT2D eigenvalue weighted by Gasteiger charge is -2.16. The van der Waals surface area contributed by atoms with E-state index >= 15 is 0 Å². The molecule has 6 nitrogen and oxygen atoms in total. The fraction of sp³-hybridized carbons (Fsp3) is 0.455. The number of ether oxygens (including phenoxy) is 1. The van der Waals surface area contributed by atoms with Crippen molar-refractivity contribution >= 4 is 37.9 Å². The fourth-order valence-electron chi connectivity index (χ4n) is 1.93. The Morgan fingerprint density at radius 1 is 1.55 bits per heavy atom. The fourth-order valence-corrected chi connectivity index (χ4v) is 2.75. The van der Waals surface area contributed by atoms with Crippen LogP contribution in [0.3, 0.4) is 0 Å². The number of aromatic nitrogens is 2. The Labute approximate surface area is 129 Å². The number of aliphatic hydroxyl groups is 1. The molecule has 1 fully saturated rings. The molecule has 4 atom stereocenters. The number of nitrogens with one attached hydrogen (secondary N) is 1. The van der Waals surface area contributed by atoms with Crippen LogP contribution in [-0.4, -0.2) is 38.4 Å². The summed E-state index contributed by atoms with van der Waals surface area (Å²) >= 11 is 6.12. The summed E-state index contributed by atoms with van der Waals surface area (Å²) in [7, 11) is 0. The smallest absolute Gasteiger partial charge is 0.330 e. The number of aromatic amines is 1. The van der Waals surface area contributed by atoms with E-state index in [1.807, 2.05) is 0 Å². The molecule has 0 aliphatic carbocycles. The lowest BCUT2D eigenvalue weighted by Crippen LogP contribution is -2.36. The van der Waals surface area contributed by atoms with Gasteiger partial charge in [-0.15, -0.1) is 0 Å². The van der Waals surface area contributed by atoms with E-state index in [2.05, 4.69) is 36.8 Å². The summed E-state index contributed by atoms with van der Waals surface area (Å²) in [5, 5.41) is 9.90. The van der Waals surface area contributed by atoms with Gasteiger partial charge in [-0.3, -0.25) is 14.3 Å². The second kappa shape index (κ2) is 6.33. The molecular weight excluding hydrogens is 403 g/mol. The molecule has 2 rings (SSSR count). The van der Waals surface area contributed by atoms with Crippen molar-refractivity contribution in [2.24, 2.45) is 0 Å². The molecule has 1 aliphatic rings. The molecule has 9 heteroatoms. The van der Waals surface area contributed by atoms with Crippen molar-refractivity contribution in [2.45, 2.75) is 24.6 Å². The van der Waals surface area contributed by atoms with Gasteiger partial charge in [0.2, 0.25) is 0 Å². The molecule has 0 bridgehead atoms. The van der Waals surface area contributed by atoms with Crippen LogP contribution >= 0.6 is 31.9 Å². The normalized spacial score (nSPS) is 30.2. The molecule has 0 radical (unpaired) electrons. The number of hydrogen-bond donors (Lipinski definition) is 2. The molecule has 0 saturated carbocycles. The summed E-state index contributed by atoms with van der Waals surface area (Å²) in [6.07, 6.45) is -2.53. The molecule has 1 aliphatic heterocycles. The maximum Gasteiger partial charge on any atom is 0.330 e. The third-order valence-corrected chi connectivity index (χ3v) is 3.86. The molecule has 1 saturated heterocycles. The van der Waals surface area contributed by atoms with Crippen LogP contribution < -0.4 is 11.2 Å². The van der Waals surface area contributed by atoms with Crippen molar-refractivity contribution in [2.75, 3.05) is 5.33 Å². The van der Waals surface area contributed by atoms with E-state index in [4.69, 9.17) is 4.74 Å². The molecule has 0 aromatic carbocycles. The third kappa shape index (κ3) is 2.80. The minimum Gasteiger partial charge on any atom is -0.387 e. The van der Waals surface area contributed by atoms with Gasteiger partial charge in [-0.05, 0) is 11.1 Å². The second-order valence-electron chi connectivity index (χ2n) is 4.20. The number of H-pyrrole nitrogens is 1. The zero-order valence-corrected chi connectivity index (χ0v) is 13.2. The van der Waals surface area contributed by atoms with Gasteiger partial charge in [-0.1, -0.05) is 31.9 Å². The highest BCUT2D eigenvalue weighted by atomic mass is 79.9. The molecule has 0 amide bonds. The molecule has 1 aromatic rings. The van der Waals surface area contributed by atoms with Gasteiger partial charge in [-0.2, -0.15) is 0 Å². The van der Waals surface area contributed by atoms with Crippen molar-refractivity contribution in [3.8, 4) is 0 Å². The molecule has 2 heterocycles. The maximum absolute atomic E-state index is 14.0. The zero-order chi connectivity index (χ0) is 14.9. The van der Waals surface area contributed by atoms with Gasteiger partial charge in [0, 0.05) is 11.5 Å². The van der Waals surface area contributed by atoms with Crippen LogP contribution in [0.2, 0.25) is 0 Å². The van der Waals surface area contributed by atoms with Crippen LogP contribution in [-0.2, 0) is 4.74 Å². The second-order valence-corrected chi connectivity index (χ2v) is 5.37. The van der Waals surface area contributed by atoms with Crippen LogP contribution in [0.15, 0.2) is 20.8 Å². The van der Waals surface area contributed by atoms with E-state index in [-0.39, 0.29) is 10.9 Å². The van der Waals surface area contributed by atoms with E-state index in [0.717, 1.165) is 4.57 Å². The highest BCUT2D eigenvalue weighted by Crippen LogP contribution is 2.31. The number of hydrogen-bond acceptors (Lipinski definition) is 4. The first-order chi connectivity index (χ1) is 9.49. The minimum absolute atomic E-state index is 0.161. The van der Waals surface area contributed by atoms with E-state index in [1.165, 1.54) is 17.3 Å². The Hall–Kier alpha value is -0.770. The predicted molar refractivity (Wildman–Crippen MR) is 77.9 cm³/mol. The standard InChI is InChI=1S/C11H11Br2FN2O4/c12-2-1-5-4-16(11(19)15-9(5)18)10-7(14)8(17)6(3-13)20-10/h1-2,4,6-8,10,17H,3H2,(H,15,18,19)/b2-1+/t6-,7-,8-,10-/m1/s1. The number of rotatable bonds is 3. The molecular formula is C11H11Br2FN2O4. The molecule has 2 N–H and O–H groups in total. The van der Waals surface area contributed by atoms with Crippen molar-refractivity contribution in [3.05, 3.63) is 37.6 Å². The first-order valence-electron chi connectivity index (χ1n) is 5.65. The highest BCUT2D eigenvalue weighted by molar-refractivity contribution is 9.11. The van der Waals surface area contributed by atoms with Gasteiger partial charge < -0.3 is 9.84 Å². The van der Waals surface area contributed by atoms with Crippen molar-refractivity contribution < 1.29 is 14.2 Å². The van der Waals surface area contributed by atoms with Crippen molar-refractivity contribution in [1.29, 1.82) is 0 Å². The highest BCUT2D eigenvalue weighted by Gasteiger charge is 2.45. The average molecular weight is 414 g/mol. The average Bonchev–Trinajstić information content (AvgIpc) is 2.70. The molecule has 0 unspecified atom stereocenters. The summed E-state index contributed by atoms with van der Waals surface area (Å²) in [5.74, 6) is 0. The Bertz CT molecular complexity index is 630. The Kier molecular flexibility index (Phi) is 4.95. The minimum atomic E-state index is -1.76. The third-order valence-electron chi connectivity index (χ3n) is 2.96. The zero-order valence-electron chi connectivity index (χ0n) is 10.0. The Morgan fingerprint density at radius 2 is 2.25 bits per heavy atom. The summed E-state index contributed by atoms with van der Waals surface area (Å²) in [6, 6.07) is 0.